The van der Waals surface area contributed by atoms with Crippen molar-refractivity contribution in [3.8, 4) is 0 Å². The highest BCUT2D eigenvalue weighted by molar-refractivity contribution is 6.33. The Morgan fingerprint density at radius 2 is 1.77 bits per heavy atom. The van der Waals surface area contributed by atoms with Gasteiger partial charge in [-0.05, 0) is 36.4 Å². The van der Waals surface area contributed by atoms with Crippen molar-refractivity contribution in [2.75, 3.05) is 11.9 Å². The summed E-state index contributed by atoms with van der Waals surface area (Å²) in [6.45, 7) is 2.98. The second-order valence-electron chi connectivity index (χ2n) is 5.82. The van der Waals surface area contributed by atoms with Crippen LogP contribution in [0.15, 0.2) is 42.5 Å². The second kappa shape index (κ2) is 8.58. The molecular formula is C19H17ClFNO4. The lowest BCUT2D eigenvalue weighted by Crippen LogP contribution is -2.18. The molecule has 0 saturated carbocycles. The van der Waals surface area contributed by atoms with Crippen LogP contribution in [0.1, 0.15) is 34.6 Å². The molecule has 0 aliphatic heterocycles. The quantitative estimate of drug-likeness (QED) is 0.607. The highest BCUT2D eigenvalue weighted by Crippen LogP contribution is 2.20. The van der Waals surface area contributed by atoms with Crippen molar-refractivity contribution < 1.29 is 23.5 Å². The number of rotatable bonds is 6. The normalized spacial score (nSPS) is 10.5. The molecule has 0 radical (unpaired) electrons. The van der Waals surface area contributed by atoms with Crippen LogP contribution in [0.2, 0.25) is 5.02 Å². The largest absolute Gasteiger partial charge is 0.454 e. The second-order valence-corrected chi connectivity index (χ2v) is 6.22. The van der Waals surface area contributed by atoms with E-state index in [2.05, 4.69) is 5.32 Å². The molecule has 0 bridgehead atoms. The number of nitrogens with one attached hydrogen (secondary N) is 1. The van der Waals surface area contributed by atoms with Gasteiger partial charge >= 0.3 is 5.97 Å². The zero-order valence-electron chi connectivity index (χ0n) is 14.2. The van der Waals surface area contributed by atoms with E-state index in [4.69, 9.17) is 16.3 Å². The smallest absolute Gasteiger partial charge is 0.343 e. The molecule has 1 amide bonds. The van der Waals surface area contributed by atoms with E-state index in [0.29, 0.717) is 11.3 Å². The third-order valence-corrected chi connectivity index (χ3v) is 3.82. The van der Waals surface area contributed by atoms with Crippen LogP contribution >= 0.6 is 11.6 Å². The molecule has 0 atom stereocenters. The van der Waals surface area contributed by atoms with Crippen molar-refractivity contribution in [2.45, 2.75) is 13.8 Å². The first-order valence-electron chi connectivity index (χ1n) is 7.85. The minimum Gasteiger partial charge on any atom is -0.454 e. The van der Waals surface area contributed by atoms with Crippen molar-refractivity contribution in [2.24, 2.45) is 5.92 Å². The Bertz CT molecular complexity index is 814. The van der Waals surface area contributed by atoms with Gasteiger partial charge in [-0.25, -0.2) is 9.18 Å². The maximum absolute atomic E-state index is 13.6. The van der Waals surface area contributed by atoms with E-state index in [9.17, 15) is 18.8 Å². The molecule has 26 heavy (non-hydrogen) atoms. The van der Waals surface area contributed by atoms with Gasteiger partial charge in [0.15, 0.2) is 12.4 Å². The third-order valence-electron chi connectivity index (χ3n) is 3.50. The summed E-state index contributed by atoms with van der Waals surface area (Å²) < 4.78 is 18.5. The number of carbonyl (C=O) groups is 3. The minimum absolute atomic E-state index is 0.0901. The maximum Gasteiger partial charge on any atom is 0.343 e. The number of ketones is 1. The maximum atomic E-state index is 13.6. The molecule has 0 spiro atoms. The molecule has 2 aromatic carbocycles. The summed E-state index contributed by atoms with van der Waals surface area (Å²) >= 11 is 5.78. The number of ether oxygens (including phenoxy) is 1. The Morgan fingerprint density at radius 1 is 1.12 bits per heavy atom. The van der Waals surface area contributed by atoms with E-state index in [0.717, 1.165) is 6.07 Å². The van der Waals surface area contributed by atoms with Gasteiger partial charge in [0.05, 0.1) is 5.02 Å². The Morgan fingerprint density at radius 3 is 2.35 bits per heavy atom. The van der Waals surface area contributed by atoms with Gasteiger partial charge in [-0.15, -0.1) is 0 Å². The molecule has 0 saturated heterocycles. The average Bonchev–Trinajstić information content (AvgIpc) is 2.60. The van der Waals surface area contributed by atoms with Crippen molar-refractivity contribution in [1.29, 1.82) is 0 Å². The van der Waals surface area contributed by atoms with E-state index in [1.54, 1.807) is 26.0 Å². The van der Waals surface area contributed by atoms with Gasteiger partial charge in [0.2, 0.25) is 5.91 Å². The van der Waals surface area contributed by atoms with Crippen molar-refractivity contribution in [3.63, 3.8) is 0 Å². The zero-order valence-corrected chi connectivity index (χ0v) is 15.0. The monoisotopic (exact) mass is 377 g/mol. The highest BCUT2D eigenvalue weighted by Gasteiger charge is 2.19. The lowest BCUT2D eigenvalue weighted by molar-refractivity contribution is -0.118. The summed E-state index contributed by atoms with van der Waals surface area (Å²) in [4.78, 5) is 35.6. The van der Waals surface area contributed by atoms with Crippen LogP contribution in [0.4, 0.5) is 10.1 Å². The summed E-state index contributed by atoms with van der Waals surface area (Å²) in [7, 11) is 0. The molecule has 7 heteroatoms. The molecule has 0 heterocycles. The van der Waals surface area contributed by atoms with Gasteiger partial charge in [0, 0.05) is 17.2 Å². The molecule has 2 rings (SSSR count). The molecule has 2 aromatic rings. The Hall–Kier alpha value is -2.73. The number of hydrogen-bond donors (Lipinski definition) is 1. The van der Waals surface area contributed by atoms with Gasteiger partial charge in [-0.1, -0.05) is 31.5 Å². The summed E-state index contributed by atoms with van der Waals surface area (Å²) in [5.74, 6) is -2.60. The Balaban J connectivity index is 1.98. The number of halogens is 2. The molecule has 0 aliphatic rings. The van der Waals surface area contributed by atoms with E-state index in [1.165, 1.54) is 24.3 Å². The molecule has 1 N–H and O–H groups in total. The van der Waals surface area contributed by atoms with E-state index in [-0.39, 0.29) is 16.8 Å². The first-order chi connectivity index (χ1) is 12.3. The van der Waals surface area contributed by atoms with E-state index in [1.807, 2.05) is 0 Å². The van der Waals surface area contributed by atoms with Crippen LogP contribution in [0.5, 0.6) is 0 Å². The first-order valence-corrected chi connectivity index (χ1v) is 8.22. The van der Waals surface area contributed by atoms with E-state index < -0.39 is 29.7 Å². The van der Waals surface area contributed by atoms with Gasteiger partial charge < -0.3 is 10.1 Å². The van der Waals surface area contributed by atoms with Crippen LogP contribution in [0.3, 0.4) is 0 Å². The van der Waals surface area contributed by atoms with Crippen LogP contribution in [0.25, 0.3) is 0 Å². The number of carbonyl (C=O) groups excluding carboxylic acids is 3. The van der Waals surface area contributed by atoms with Crippen LogP contribution in [-0.2, 0) is 9.53 Å². The van der Waals surface area contributed by atoms with Gasteiger partial charge in [-0.2, -0.15) is 0 Å². The summed E-state index contributed by atoms with van der Waals surface area (Å²) in [6.07, 6.45) is 0. The Labute approximate surface area is 155 Å². The fourth-order valence-electron chi connectivity index (χ4n) is 2.01. The molecule has 0 aliphatic carbocycles. The van der Waals surface area contributed by atoms with Crippen molar-refractivity contribution >= 4 is 34.9 Å². The number of anilines is 1. The topological polar surface area (TPSA) is 72.5 Å². The lowest BCUT2D eigenvalue weighted by Gasteiger charge is -2.09. The minimum atomic E-state index is -1.01. The van der Waals surface area contributed by atoms with E-state index >= 15 is 0 Å². The summed E-state index contributed by atoms with van der Waals surface area (Å²) in [5.41, 5.74) is 0.434. The van der Waals surface area contributed by atoms with Gasteiger partial charge in [0.25, 0.3) is 0 Å². The van der Waals surface area contributed by atoms with Crippen molar-refractivity contribution in [3.05, 3.63) is 64.4 Å². The molecule has 5 nitrogen and oxygen atoms in total. The number of hydrogen-bond acceptors (Lipinski definition) is 4. The number of amides is 1. The standard InChI is InChI=1S/C19H17ClFNO4/c1-11(2)18(24)22-13-8-6-12(7-9-13)16(23)10-26-19(25)17-14(20)4-3-5-15(17)21/h3-9,11H,10H2,1-2H3,(H,22,24). The summed E-state index contributed by atoms with van der Waals surface area (Å²) in [5, 5.41) is 2.61. The molecule has 0 unspecified atom stereocenters. The predicted octanol–water partition coefficient (Wildman–Crippen LogP) is 4.11. The first kappa shape index (κ1) is 19.6. The van der Waals surface area contributed by atoms with Crippen LogP contribution in [0, 0.1) is 11.7 Å². The molecule has 0 aromatic heterocycles. The van der Waals surface area contributed by atoms with Crippen LogP contribution < -0.4 is 5.32 Å². The van der Waals surface area contributed by atoms with Crippen molar-refractivity contribution in [1.82, 2.24) is 0 Å². The fraction of sp³-hybridized carbons (Fsp3) is 0.211. The molecule has 136 valence electrons. The molecule has 0 fully saturated rings. The van der Waals surface area contributed by atoms with Gasteiger partial charge in [-0.3, -0.25) is 9.59 Å². The Kier molecular flexibility index (Phi) is 6.46. The molecular weight excluding hydrogens is 361 g/mol. The SMILES string of the molecule is CC(C)C(=O)Nc1ccc(C(=O)COC(=O)c2c(F)cccc2Cl)cc1. The van der Waals surface area contributed by atoms with Crippen LogP contribution in [-0.4, -0.2) is 24.3 Å². The zero-order chi connectivity index (χ0) is 19.3. The summed E-state index contributed by atoms with van der Waals surface area (Å²) in [6, 6.07) is 9.94. The number of Topliss-reactive ketones (excluding diaryl/α,β-unsaturated/α-hetero) is 1. The third kappa shape index (κ3) is 4.89. The fourth-order valence-corrected chi connectivity index (χ4v) is 2.25. The number of benzene rings is 2. The lowest BCUT2D eigenvalue weighted by atomic mass is 10.1. The predicted molar refractivity (Wildman–Crippen MR) is 95.9 cm³/mol. The van der Waals surface area contributed by atoms with Gasteiger partial charge in [0.1, 0.15) is 11.4 Å². The highest BCUT2D eigenvalue weighted by atomic mass is 35.5. The average molecular weight is 378 g/mol. The number of esters is 1.